The second-order valence-electron chi connectivity index (χ2n) is 6.85. The summed E-state index contributed by atoms with van der Waals surface area (Å²) >= 11 is 7.47. The van der Waals surface area contributed by atoms with Crippen LogP contribution < -0.4 is 5.32 Å². The van der Waals surface area contributed by atoms with Crippen LogP contribution in [0.25, 0.3) is 10.9 Å². The molecule has 3 heterocycles. The van der Waals surface area contributed by atoms with E-state index in [-0.39, 0.29) is 17.7 Å². The number of halogens is 1. The highest BCUT2D eigenvalue weighted by molar-refractivity contribution is 7.13. The summed E-state index contributed by atoms with van der Waals surface area (Å²) in [5.41, 5.74) is 2.10. The summed E-state index contributed by atoms with van der Waals surface area (Å²) in [7, 11) is 0. The second-order valence-corrected chi connectivity index (χ2v) is 8.18. The van der Waals surface area contributed by atoms with Crippen LogP contribution in [0.15, 0.2) is 35.8 Å². The number of thiazole rings is 1. The lowest BCUT2D eigenvalue weighted by Gasteiger charge is -2.31. The molecule has 1 aliphatic heterocycles. The summed E-state index contributed by atoms with van der Waals surface area (Å²) in [6.07, 6.45) is 2.93. The van der Waals surface area contributed by atoms with Gasteiger partial charge in [-0.3, -0.25) is 14.6 Å². The number of aromatic nitrogens is 2. The number of anilines is 1. The fourth-order valence-corrected chi connectivity index (χ4v) is 4.18. The van der Waals surface area contributed by atoms with Crippen LogP contribution in [0.3, 0.4) is 0 Å². The van der Waals surface area contributed by atoms with Gasteiger partial charge in [-0.15, -0.1) is 11.3 Å². The molecule has 1 fully saturated rings. The number of hydrogen-bond donors (Lipinski definition) is 1. The molecule has 4 rings (SSSR count). The Bertz CT molecular complexity index is 1030. The first-order valence-corrected chi connectivity index (χ1v) is 10.3. The molecule has 0 radical (unpaired) electrons. The number of aryl methyl sites for hydroxylation is 1. The molecule has 0 aliphatic carbocycles. The summed E-state index contributed by atoms with van der Waals surface area (Å²) < 4.78 is 0. The Morgan fingerprint density at radius 3 is 2.75 bits per heavy atom. The summed E-state index contributed by atoms with van der Waals surface area (Å²) in [5.74, 6) is -0.187. The van der Waals surface area contributed by atoms with Gasteiger partial charge in [0.15, 0.2) is 5.13 Å². The van der Waals surface area contributed by atoms with Crippen LogP contribution in [0.5, 0.6) is 0 Å². The molecule has 0 bridgehead atoms. The van der Waals surface area contributed by atoms with Gasteiger partial charge in [0.05, 0.1) is 16.8 Å². The minimum absolute atomic E-state index is 0.0276. The van der Waals surface area contributed by atoms with Crippen LogP contribution in [0, 0.1) is 12.8 Å². The van der Waals surface area contributed by atoms with Crippen molar-refractivity contribution >= 4 is 50.8 Å². The number of piperidine rings is 1. The Labute approximate surface area is 171 Å². The van der Waals surface area contributed by atoms with E-state index in [0.29, 0.717) is 47.3 Å². The molecule has 2 aromatic heterocycles. The number of benzene rings is 1. The zero-order valence-corrected chi connectivity index (χ0v) is 16.9. The molecule has 3 aromatic rings. The number of hydrogen-bond acceptors (Lipinski definition) is 5. The highest BCUT2D eigenvalue weighted by atomic mass is 35.5. The van der Waals surface area contributed by atoms with Gasteiger partial charge in [-0.25, -0.2) is 4.98 Å². The van der Waals surface area contributed by atoms with E-state index in [9.17, 15) is 9.59 Å². The first kappa shape index (κ1) is 18.8. The highest BCUT2D eigenvalue weighted by Gasteiger charge is 2.29. The lowest BCUT2D eigenvalue weighted by atomic mass is 9.95. The summed E-state index contributed by atoms with van der Waals surface area (Å²) in [5, 5.41) is 6.74. The Morgan fingerprint density at radius 2 is 2.04 bits per heavy atom. The Morgan fingerprint density at radius 1 is 1.25 bits per heavy atom. The molecule has 1 aliphatic rings. The number of amides is 2. The van der Waals surface area contributed by atoms with Gasteiger partial charge in [-0.2, -0.15) is 0 Å². The number of carbonyl (C=O) groups excluding carboxylic acids is 2. The SMILES string of the molecule is Cc1nc2ccc(Cl)cc2cc1C(=O)N1CCC(C(=O)Nc2nccs2)CC1. The van der Waals surface area contributed by atoms with Gasteiger partial charge >= 0.3 is 0 Å². The number of carbonyl (C=O) groups is 2. The maximum Gasteiger partial charge on any atom is 0.255 e. The molecular weight excluding hydrogens is 396 g/mol. The van der Waals surface area contributed by atoms with E-state index in [1.807, 2.05) is 30.5 Å². The van der Waals surface area contributed by atoms with Gasteiger partial charge in [0.25, 0.3) is 5.91 Å². The van der Waals surface area contributed by atoms with Gasteiger partial charge < -0.3 is 10.2 Å². The molecule has 0 atom stereocenters. The van der Waals surface area contributed by atoms with E-state index < -0.39 is 0 Å². The number of nitrogens with zero attached hydrogens (tertiary/aromatic N) is 3. The lowest BCUT2D eigenvalue weighted by molar-refractivity contribution is -0.121. The van der Waals surface area contributed by atoms with Crippen LogP contribution in [0.2, 0.25) is 5.02 Å². The van der Waals surface area contributed by atoms with Crippen molar-refractivity contribution in [2.24, 2.45) is 5.92 Å². The van der Waals surface area contributed by atoms with Crippen molar-refractivity contribution in [2.75, 3.05) is 18.4 Å². The molecule has 1 aromatic carbocycles. The van der Waals surface area contributed by atoms with Gasteiger partial charge in [0, 0.05) is 41.0 Å². The number of nitrogens with one attached hydrogen (secondary N) is 1. The van der Waals surface area contributed by atoms with Crippen LogP contribution >= 0.6 is 22.9 Å². The quantitative estimate of drug-likeness (QED) is 0.698. The normalized spacial score (nSPS) is 15.0. The largest absolute Gasteiger partial charge is 0.339 e. The molecular formula is C20H19ClN4O2S. The Balaban J connectivity index is 1.44. The monoisotopic (exact) mass is 414 g/mol. The molecule has 28 heavy (non-hydrogen) atoms. The molecule has 144 valence electrons. The minimum Gasteiger partial charge on any atom is -0.339 e. The number of likely N-dealkylation sites (tertiary alicyclic amines) is 1. The van der Waals surface area contributed by atoms with Gasteiger partial charge in [0.1, 0.15) is 0 Å². The highest BCUT2D eigenvalue weighted by Crippen LogP contribution is 2.25. The lowest BCUT2D eigenvalue weighted by Crippen LogP contribution is -2.41. The van der Waals surface area contributed by atoms with E-state index in [4.69, 9.17) is 11.6 Å². The predicted octanol–water partition coefficient (Wildman–Crippen LogP) is 4.14. The zero-order chi connectivity index (χ0) is 19.7. The van der Waals surface area contributed by atoms with Crippen molar-refractivity contribution in [3.8, 4) is 0 Å². The third-order valence-corrected chi connectivity index (χ3v) is 5.94. The topological polar surface area (TPSA) is 75.2 Å². The van der Waals surface area contributed by atoms with Crippen molar-refractivity contribution in [3.63, 3.8) is 0 Å². The average molecular weight is 415 g/mol. The Hall–Kier alpha value is -2.51. The van der Waals surface area contributed by atoms with Crippen LogP contribution in [0.1, 0.15) is 28.9 Å². The number of fused-ring (bicyclic) bond motifs is 1. The molecule has 8 heteroatoms. The smallest absolute Gasteiger partial charge is 0.255 e. The average Bonchev–Trinajstić information content (AvgIpc) is 3.20. The maximum absolute atomic E-state index is 13.0. The van der Waals surface area contributed by atoms with Crippen molar-refractivity contribution in [1.29, 1.82) is 0 Å². The van der Waals surface area contributed by atoms with E-state index in [1.165, 1.54) is 11.3 Å². The van der Waals surface area contributed by atoms with Crippen LogP contribution in [-0.4, -0.2) is 39.8 Å². The van der Waals surface area contributed by atoms with Crippen LogP contribution in [-0.2, 0) is 4.79 Å². The van der Waals surface area contributed by atoms with E-state index >= 15 is 0 Å². The third-order valence-electron chi connectivity index (χ3n) is 5.01. The second kappa shape index (κ2) is 7.85. The summed E-state index contributed by atoms with van der Waals surface area (Å²) in [6, 6.07) is 7.31. The fraction of sp³-hybridized carbons (Fsp3) is 0.300. The number of rotatable bonds is 3. The van der Waals surface area contributed by atoms with E-state index in [0.717, 1.165) is 10.9 Å². The molecule has 1 saturated heterocycles. The van der Waals surface area contributed by atoms with Gasteiger partial charge in [-0.1, -0.05) is 11.6 Å². The van der Waals surface area contributed by atoms with Crippen molar-refractivity contribution in [2.45, 2.75) is 19.8 Å². The zero-order valence-electron chi connectivity index (χ0n) is 15.3. The fourth-order valence-electron chi connectivity index (χ4n) is 3.47. The Kier molecular flexibility index (Phi) is 5.28. The summed E-state index contributed by atoms with van der Waals surface area (Å²) in [6.45, 7) is 2.93. The van der Waals surface area contributed by atoms with Crippen molar-refractivity contribution < 1.29 is 9.59 Å². The van der Waals surface area contributed by atoms with Gasteiger partial charge in [-0.05, 0) is 44.0 Å². The molecule has 2 amide bonds. The van der Waals surface area contributed by atoms with Gasteiger partial charge in [0.2, 0.25) is 5.91 Å². The third kappa shape index (κ3) is 3.86. The first-order valence-electron chi connectivity index (χ1n) is 9.08. The van der Waals surface area contributed by atoms with Crippen molar-refractivity contribution in [3.05, 3.63) is 52.1 Å². The minimum atomic E-state index is -0.109. The van der Waals surface area contributed by atoms with E-state index in [1.54, 1.807) is 17.2 Å². The summed E-state index contributed by atoms with van der Waals surface area (Å²) in [4.78, 5) is 35.8. The van der Waals surface area contributed by atoms with Crippen LogP contribution in [0.4, 0.5) is 5.13 Å². The molecule has 0 unspecified atom stereocenters. The van der Waals surface area contributed by atoms with E-state index in [2.05, 4.69) is 15.3 Å². The first-order chi connectivity index (χ1) is 13.5. The standard InChI is InChI=1S/C20H19ClN4O2S/c1-12-16(11-14-10-15(21)2-3-17(14)23-12)19(27)25-7-4-13(5-8-25)18(26)24-20-22-6-9-28-20/h2-3,6,9-11,13H,4-5,7-8H2,1H3,(H,22,24,26). The molecule has 6 nitrogen and oxygen atoms in total. The van der Waals surface area contributed by atoms with Crippen molar-refractivity contribution in [1.82, 2.24) is 14.9 Å². The molecule has 1 N–H and O–H groups in total. The molecule has 0 saturated carbocycles. The molecule has 0 spiro atoms. The number of pyridine rings is 1. The predicted molar refractivity (Wildman–Crippen MR) is 111 cm³/mol. The maximum atomic E-state index is 13.0.